The number of rotatable bonds is 6. The number of nitrogens with one attached hydrogen (secondary N) is 1. The zero-order valence-electron chi connectivity index (χ0n) is 12.4. The maximum Gasteiger partial charge on any atom is 0.251 e. The molecule has 110 valence electrons. The molecular formula is C16H23NO2S. The molecule has 0 aliphatic heterocycles. The van der Waals surface area contributed by atoms with E-state index in [9.17, 15) is 9.00 Å². The van der Waals surface area contributed by atoms with Gasteiger partial charge in [-0.05, 0) is 54.9 Å². The zero-order chi connectivity index (χ0) is 14.8. The van der Waals surface area contributed by atoms with Crippen LogP contribution in [0.3, 0.4) is 0 Å². The number of amides is 1. The molecule has 3 nitrogen and oxygen atoms in total. The molecule has 1 aromatic rings. The zero-order valence-corrected chi connectivity index (χ0v) is 13.3. The number of carbonyl (C=O) groups excluding carboxylic acids is 1. The van der Waals surface area contributed by atoms with E-state index in [1.807, 2.05) is 0 Å². The Bertz CT molecular complexity index is 504. The van der Waals surface area contributed by atoms with Gasteiger partial charge in [0.15, 0.2) is 0 Å². The van der Waals surface area contributed by atoms with E-state index in [1.54, 1.807) is 30.5 Å². The van der Waals surface area contributed by atoms with Gasteiger partial charge in [0.25, 0.3) is 5.91 Å². The quantitative estimate of drug-likeness (QED) is 0.876. The normalized spacial score (nSPS) is 17.8. The lowest BCUT2D eigenvalue weighted by molar-refractivity contribution is 0.0942. The van der Waals surface area contributed by atoms with E-state index in [0.717, 1.165) is 11.4 Å². The highest BCUT2D eigenvalue weighted by molar-refractivity contribution is 7.84. The number of benzene rings is 1. The fourth-order valence-corrected chi connectivity index (χ4v) is 3.18. The maximum atomic E-state index is 12.1. The summed E-state index contributed by atoms with van der Waals surface area (Å²) >= 11 is 0. The highest BCUT2D eigenvalue weighted by Crippen LogP contribution is 2.50. The summed E-state index contributed by atoms with van der Waals surface area (Å²) in [5.41, 5.74) is 0.980. The Labute approximate surface area is 123 Å². The van der Waals surface area contributed by atoms with Crippen LogP contribution in [0.25, 0.3) is 0 Å². The number of hydrogen-bond acceptors (Lipinski definition) is 2. The largest absolute Gasteiger partial charge is 0.351 e. The van der Waals surface area contributed by atoms with Crippen LogP contribution in [0.15, 0.2) is 29.2 Å². The first-order valence-corrected chi connectivity index (χ1v) is 8.69. The van der Waals surface area contributed by atoms with Gasteiger partial charge < -0.3 is 5.32 Å². The Morgan fingerprint density at radius 2 is 1.90 bits per heavy atom. The van der Waals surface area contributed by atoms with Crippen molar-refractivity contribution in [2.75, 3.05) is 12.8 Å². The standard InChI is InChI=1S/C16H23NO2S/c1-12(2)10-16(8-9-16)11-17-15(18)13-4-6-14(7-5-13)20(3)19/h4-7,12H,8-11H2,1-3H3,(H,17,18)/t20-/m1/s1. The lowest BCUT2D eigenvalue weighted by Crippen LogP contribution is -2.30. The first kappa shape index (κ1) is 15.2. The van der Waals surface area contributed by atoms with E-state index in [-0.39, 0.29) is 5.91 Å². The van der Waals surface area contributed by atoms with Gasteiger partial charge in [0, 0.05) is 34.1 Å². The van der Waals surface area contributed by atoms with E-state index in [4.69, 9.17) is 0 Å². The fourth-order valence-electron chi connectivity index (χ4n) is 2.66. The average molecular weight is 293 g/mol. The van der Waals surface area contributed by atoms with Gasteiger partial charge in [-0.3, -0.25) is 9.00 Å². The van der Waals surface area contributed by atoms with Gasteiger partial charge in [-0.25, -0.2) is 0 Å². The van der Waals surface area contributed by atoms with E-state index in [2.05, 4.69) is 19.2 Å². The van der Waals surface area contributed by atoms with Crippen LogP contribution in [0.1, 0.15) is 43.5 Å². The Hall–Kier alpha value is -1.16. The minimum absolute atomic E-state index is 0.0338. The molecule has 0 heterocycles. The monoisotopic (exact) mass is 293 g/mol. The summed E-state index contributed by atoms with van der Waals surface area (Å²) in [6.45, 7) is 5.22. The van der Waals surface area contributed by atoms with Crippen molar-refractivity contribution in [3.05, 3.63) is 29.8 Å². The second-order valence-corrected chi connectivity index (χ2v) is 7.64. The van der Waals surface area contributed by atoms with Crippen molar-refractivity contribution in [2.45, 2.75) is 38.0 Å². The average Bonchev–Trinajstić information content (AvgIpc) is 3.15. The predicted molar refractivity (Wildman–Crippen MR) is 82.2 cm³/mol. The summed E-state index contributed by atoms with van der Waals surface area (Å²) < 4.78 is 11.3. The van der Waals surface area contributed by atoms with Crippen molar-refractivity contribution in [1.82, 2.24) is 5.32 Å². The first-order valence-electron chi connectivity index (χ1n) is 7.14. The van der Waals surface area contributed by atoms with Crippen LogP contribution in [-0.2, 0) is 10.8 Å². The molecule has 0 bridgehead atoms. The summed E-state index contributed by atoms with van der Waals surface area (Å²) in [5.74, 6) is 0.640. The third-order valence-electron chi connectivity index (χ3n) is 3.87. The summed E-state index contributed by atoms with van der Waals surface area (Å²) in [5, 5.41) is 3.04. The summed E-state index contributed by atoms with van der Waals surface area (Å²) in [4.78, 5) is 12.8. The lowest BCUT2D eigenvalue weighted by atomic mass is 9.94. The number of hydrogen-bond donors (Lipinski definition) is 1. The van der Waals surface area contributed by atoms with E-state index in [1.165, 1.54) is 19.3 Å². The summed E-state index contributed by atoms with van der Waals surface area (Å²) in [6.07, 6.45) is 5.26. The highest BCUT2D eigenvalue weighted by Gasteiger charge is 2.42. The minimum Gasteiger partial charge on any atom is -0.351 e. The van der Waals surface area contributed by atoms with Crippen molar-refractivity contribution in [3.8, 4) is 0 Å². The van der Waals surface area contributed by atoms with E-state index < -0.39 is 10.8 Å². The molecular weight excluding hydrogens is 270 g/mol. The Kier molecular flexibility index (Phi) is 4.63. The molecule has 0 saturated heterocycles. The van der Waals surface area contributed by atoms with Gasteiger partial charge in [0.1, 0.15) is 0 Å². The van der Waals surface area contributed by atoms with Crippen LogP contribution >= 0.6 is 0 Å². The van der Waals surface area contributed by atoms with E-state index >= 15 is 0 Å². The second-order valence-electron chi connectivity index (χ2n) is 6.26. The van der Waals surface area contributed by atoms with Crippen LogP contribution in [0, 0.1) is 11.3 Å². The van der Waals surface area contributed by atoms with Crippen molar-refractivity contribution < 1.29 is 9.00 Å². The van der Waals surface area contributed by atoms with Gasteiger partial charge in [0.05, 0.1) is 0 Å². The fraction of sp³-hybridized carbons (Fsp3) is 0.562. The first-order chi connectivity index (χ1) is 9.42. The molecule has 1 atom stereocenters. The van der Waals surface area contributed by atoms with Crippen LogP contribution in [0.2, 0.25) is 0 Å². The summed E-state index contributed by atoms with van der Waals surface area (Å²) in [7, 11) is -0.997. The maximum absolute atomic E-state index is 12.1. The van der Waals surface area contributed by atoms with E-state index in [0.29, 0.717) is 16.9 Å². The van der Waals surface area contributed by atoms with Gasteiger partial charge in [-0.1, -0.05) is 13.8 Å². The van der Waals surface area contributed by atoms with Crippen LogP contribution in [0.4, 0.5) is 0 Å². The molecule has 1 fully saturated rings. The molecule has 2 rings (SSSR count). The number of carbonyl (C=O) groups is 1. The molecule has 1 aliphatic carbocycles. The molecule has 0 aromatic heterocycles. The second kappa shape index (κ2) is 6.08. The molecule has 0 radical (unpaired) electrons. The van der Waals surface area contributed by atoms with Crippen LogP contribution in [0.5, 0.6) is 0 Å². The van der Waals surface area contributed by atoms with Gasteiger partial charge in [-0.2, -0.15) is 0 Å². The molecule has 1 amide bonds. The van der Waals surface area contributed by atoms with Gasteiger partial charge >= 0.3 is 0 Å². The molecule has 0 spiro atoms. The Morgan fingerprint density at radius 1 is 1.30 bits per heavy atom. The highest BCUT2D eigenvalue weighted by atomic mass is 32.2. The Balaban J connectivity index is 1.90. The molecule has 1 aliphatic rings. The van der Waals surface area contributed by atoms with Crippen molar-refractivity contribution >= 4 is 16.7 Å². The summed E-state index contributed by atoms with van der Waals surface area (Å²) in [6, 6.07) is 7.00. The van der Waals surface area contributed by atoms with Gasteiger partial charge in [-0.15, -0.1) is 0 Å². The molecule has 0 unspecified atom stereocenters. The Morgan fingerprint density at radius 3 is 2.35 bits per heavy atom. The minimum atomic E-state index is -0.997. The third kappa shape index (κ3) is 3.92. The topological polar surface area (TPSA) is 46.2 Å². The van der Waals surface area contributed by atoms with Crippen molar-refractivity contribution in [2.24, 2.45) is 11.3 Å². The van der Waals surface area contributed by atoms with Crippen molar-refractivity contribution in [3.63, 3.8) is 0 Å². The molecule has 1 saturated carbocycles. The van der Waals surface area contributed by atoms with Crippen LogP contribution < -0.4 is 5.32 Å². The molecule has 1 aromatic carbocycles. The molecule has 4 heteroatoms. The SMILES string of the molecule is CC(C)CC1(CNC(=O)c2ccc([S@@](C)=O)cc2)CC1. The molecule has 1 N–H and O–H groups in total. The van der Waals surface area contributed by atoms with Gasteiger partial charge in [0.2, 0.25) is 0 Å². The predicted octanol–water partition coefficient (Wildman–Crippen LogP) is 2.98. The third-order valence-corrected chi connectivity index (χ3v) is 4.81. The molecule has 20 heavy (non-hydrogen) atoms. The van der Waals surface area contributed by atoms with Crippen LogP contribution in [-0.4, -0.2) is 22.9 Å². The van der Waals surface area contributed by atoms with Crippen molar-refractivity contribution in [1.29, 1.82) is 0 Å². The smallest absolute Gasteiger partial charge is 0.251 e. The lowest BCUT2D eigenvalue weighted by Gasteiger charge is -2.18.